The zero-order valence-electron chi connectivity index (χ0n) is 23.1. The van der Waals surface area contributed by atoms with Crippen LogP contribution in [0.2, 0.25) is 0 Å². The van der Waals surface area contributed by atoms with Crippen LogP contribution in [0.4, 0.5) is 0 Å². The number of nitrogens with two attached hydrogens (primary N) is 1. The Morgan fingerprint density at radius 1 is 1.00 bits per heavy atom. The number of aliphatic carboxylic acids is 1. The lowest BCUT2D eigenvalue weighted by molar-refractivity contribution is -0.143. The van der Waals surface area contributed by atoms with Gasteiger partial charge in [-0.2, -0.15) is 0 Å². The number of hydrogen-bond acceptors (Lipinski definition) is 8. The number of aliphatic hydroxyl groups excluding tert-OH is 1. The lowest BCUT2D eigenvalue weighted by atomic mass is 9.82. The van der Waals surface area contributed by atoms with Crippen molar-refractivity contribution in [2.75, 3.05) is 33.5 Å². The summed E-state index contributed by atoms with van der Waals surface area (Å²) in [5, 5.41) is 19.6. The zero-order chi connectivity index (χ0) is 27.8. The number of carbonyl (C=O) groups excluding carboxylic acids is 1. The molecule has 0 bridgehead atoms. The monoisotopic (exact) mass is 525 g/mol. The van der Waals surface area contributed by atoms with E-state index in [0.29, 0.717) is 63.1 Å². The minimum Gasteiger partial charge on any atom is -0.490 e. The molecule has 4 atom stereocenters. The first kappa shape index (κ1) is 32.7. The van der Waals surface area contributed by atoms with Gasteiger partial charge in [-0.1, -0.05) is 26.8 Å². The maximum absolute atomic E-state index is 11.6. The van der Waals surface area contributed by atoms with Crippen LogP contribution in [0, 0.1) is 17.8 Å². The van der Waals surface area contributed by atoms with E-state index >= 15 is 0 Å². The van der Waals surface area contributed by atoms with E-state index in [4.69, 9.17) is 29.8 Å². The third-order valence-corrected chi connectivity index (χ3v) is 6.37. The Hall–Kier alpha value is -2.36. The Bertz CT molecular complexity index is 800. The number of carboxylic acids is 1. The third kappa shape index (κ3) is 13.1. The quantitative estimate of drug-likeness (QED) is 0.171. The molecule has 0 saturated heterocycles. The average molecular weight is 526 g/mol. The SMILES string of the molecule is CCOC(=O)CCCOc1ccc(CC(CC(N)C(O)CC(C)C(=O)O)C(C)C)cc1OCCCOC. The standard InChI is InChI=1S/C28H47NO8/c1-6-35-27(31)9-7-13-36-25-11-10-21(17-26(25)37-14-8-12-34-5)16-22(19(2)3)18-23(29)24(30)15-20(4)28(32)33/h10-11,17,19-20,22-24,30H,6-9,12-16,18,29H2,1-5H3,(H,32,33). The molecule has 0 aliphatic carbocycles. The van der Waals surface area contributed by atoms with Crippen LogP contribution in [0.15, 0.2) is 18.2 Å². The Morgan fingerprint density at radius 3 is 2.30 bits per heavy atom. The molecule has 0 saturated carbocycles. The Balaban J connectivity index is 2.88. The highest BCUT2D eigenvalue weighted by Gasteiger charge is 2.26. The summed E-state index contributed by atoms with van der Waals surface area (Å²) in [5.41, 5.74) is 7.34. The molecule has 0 heterocycles. The van der Waals surface area contributed by atoms with Gasteiger partial charge in [0.05, 0.1) is 31.8 Å². The summed E-state index contributed by atoms with van der Waals surface area (Å²) >= 11 is 0. The lowest BCUT2D eigenvalue weighted by Crippen LogP contribution is -2.39. The van der Waals surface area contributed by atoms with Crippen molar-refractivity contribution in [1.82, 2.24) is 0 Å². The number of ether oxygens (including phenoxy) is 4. The minimum absolute atomic E-state index is 0.128. The molecule has 1 aromatic carbocycles. The molecule has 0 aliphatic rings. The van der Waals surface area contributed by atoms with Gasteiger partial charge in [-0.3, -0.25) is 9.59 Å². The molecule has 1 rings (SSSR count). The van der Waals surface area contributed by atoms with Crippen molar-refractivity contribution in [2.45, 2.75) is 78.4 Å². The number of benzene rings is 1. The second-order valence-electron chi connectivity index (χ2n) is 9.88. The van der Waals surface area contributed by atoms with E-state index in [2.05, 4.69) is 13.8 Å². The molecule has 0 spiro atoms. The van der Waals surface area contributed by atoms with Gasteiger partial charge in [-0.15, -0.1) is 0 Å². The van der Waals surface area contributed by atoms with Gasteiger partial charge >= 0.3 is 11.9 Å². The summed E-state index contributed by atoms with van der Waals surface area (Å²) in [5.74, 6) is -0.0951. The van der Waals surface area contributed by atoms with Crippen molar-refractivity contribution >= 4 is 11.9 Å². The molecule has 4 unspecified atom stereocenters. The molecule has 4 N–H and O–H groups in total. The zero-order valence-corrected chi connectivity index (χ0v) is 23.1. The molecule has 0 fully saturated rings. The van der Waals surface area contributed by atoms with E-state index in [-0.39, 0.29) is 18.3 Å². The van der Waals surface area contributed by atoms with Crippen LogP contribution in [0.5, 0.6) is 11.5 Å². The van der Waals surface area contributed by atoms with Crippen LogP contribution in [-0.4, -0.2) is 67.8 Å². The Morgan fingerprint density at radius 2 is 1.68 bits per heavy atom. The summed E-state index contributed by atoms with van der Waals surface area (Å²) in [4.78, 5) is 22.7. The van der Waals surface area contributed by atoms with Crippen molar-refractivity contribution in [1.29, 1.82) is 0 Å². The van der Waals surface area contributed by atoms with E-state index in [1.807, 2.05) is 18.2 Å². The molecule has 9 heteroatoms. The first-order chi connectivity index (χ1) is 17.6. The first-order valence-electron chi connectivity index (χ1n) is 13.3. The topological polar surface area (TPSA) is 138 Å². The Kier molecular flexibility index (Phi) is 15.9. The van der Waals surface area contributed by atoms with Crippen LogP contribution in [-0.2, 0) is 25.5 Å². The average Bonchev–Trinajstić information content (AvgIpc) is 2.84. The van der Waals surface area contributed by atoms with Crippen LogP contribution < -0.4 is 15.2 Å². The molecule has 37 heavy (non-hydrogen) atoms. The third-order valence-electron chi connectivity index (χ3n) is 6.37. The molecule has 0 aliphatic heterocycles. The molecule has 9 nitrogen and oxygen atoms in total. The minimum atomic E-state index is -0.937. The second kappa shape index (κ2) is 18.0. The van der Waals surface area contributed by atoms with Crippen LogP contribution in [0.3, 0.4) is 0 Å². The van der Waals surface area contributed by atoms with Gasteiger partial charge in [0.15, 0.2) is 11.5 Å². The maximum Gasteiger partial charge on any atom is 0.306 e. The van der Waals surface area contributed by atoms with E-state index < -0.39 is 24.0 Å². The van der Waals surface area contributed by atoms with Gasteiger partial charge in [-0.05, 0) is 62.1 Å². The fourth-order valence-electron chi connectivity index (χ4n) is 3.97. The predicted octanol–water partition coefficient (Wildman–Crippen LogP) is 3.83. The summed E-state index contributed by atoms with van der Waals surface area (Å²) in [6, 6.07) is 5.33. The van der Waals surface area contributed by atoms with Crippen molar-refractivity contribution in [3.05, 3.63) is 23.8 Å². The molecule has 0 radical (unpaired) electrons. The summed E-state index contributed by atoms with van der Waals surface area (Å²) in [6.07, 6.45) is 2.12. The van der Waals surface area contributed by atoms with Gasteiger partial charge in [0.1, 0.15) is 0 Å². The molecular weight excluding hydrogens is 478 g/mol. The van der Waals surface area contributed by atoms with Crippen molar-refractivity contribution < 1.29 is 38.7 Å². The van der Waals surface area contributed by atoms with Crippen molar-refractivity contribution in [3.8, 4) is 11.5 Å². The Labute approximate surface area is 221 Å². The van der Waals surface area contributed by atoms with Crippen molar-refractivity contribution in [2.24, 2.45) is 23.5 Å². The lowest BCUT2D eigenvalue weighted by Gasteiger charge is -2.28. The highest BCUT2D eigenvalue weighted by Crippen LogP contribution is 2.32. The molecular formula is C28H47NO8. The second-order valence-corrected chi connectivity index (χ2v) is 9.88. The van der Waals surface area contributed by atoms with Gasteiger partial charge in [0, 0.05) is 32.6 Å². The summed E-state index contributed by atoms with van der Waals surface area (Å²) in [7, 11) is 1.65. The predicted molar refractivity (Wildman–Crippen MR) is 142 cm³/mol. The smallest absolute Gasteiger partial charge is 0.306 e. The van der Waals surface area contributed by atoms with Crippen LogP contribution in [0.1, 0.15) is 65.4 Å². The molecule has 0 amide bonds. The highest BCUT2D eigenvalue weighted by atomic mass is 16.5. The molecule has 0 aromatic heterocycles. The molecule has 212 valence electrons. The number of esters is 1. The fourth-order valence-corrected chi connectivity index (χ4v) is 3.97. The van der Waals surface area contributed by atoms with E-state index in [0.717, 1.165) is 18.4 Å². The first-order valence-corrected chi connectivity index (χ1v) is 13.3. The van der Waals surface area contributed by atoms with E-state index in [1.165, 1.54) is 0 Å². The summed E-state index contributed by atoms with van der Waals surface area (Å²) in [6.45, 7) is 9.38. The number of carbonyl (C=O) groups is 2. The number of aliphatic hydroxyl groups is 1. The van der Waals surface area contributed by atoms with E-state index in [1.54, 1.807) is 21.0 Å². The van der Waals surface area contributed by atoms with Gasteiger partial charge < -0.3 is 34.9 Å². The number of methoxy groups -OCH3 is 1. The van der Waals surface area contributed by atoms with Gasteiger partial charge in [0.2, 0.25) is 0 Å². The fraction of sp³-hybridized carbons (Fsp3) is 0.714. The molecule has 1 aromatic rings. The van der Waals surface area contributed by atoms with Crippen LogP contribution >= 0.6 is 0 Å². The van der Waals surface area contributed by atoms with E-state index in [9.17, 15) is 14.7 Å². The normalized spacial score (nSPS) is 14.6. The summed E-state index contributed by atoms with van der Waals surface area (Å²) < 4.78 is 22.0. The maximum atomic E-state index is 11.6. The van der Waals surface area contributed by atoms with Gasteiger partial charge in [-0.25, -0.2) is 0 Å². The van der Waals surface area contributed by atoms with Crippen LogP contribution in [0.25, 0.3) is 0 Å². The number of carboxylic acid groups (broad SMARTS) is 1. The number of rotatable bonds is 20. The highest BCUT2D eigenvalue weighted by molar-refractivity contribution is 5.69. The largest absolute Gasteiger partial charge is 0.490 e. The number of hydrogen-bond donors (Lipinski definition) is 3. The van der Waals surface area contributed by atoms with Crippen molar-refractivity contribution in [3.63, 3.8) is 0 Å². The van der Waals surface area contributed by atoms with Gasteiger partial charge in [0.25, 0.3) is 0 Å².